The average molecular weight is 346 g/mol. The van der Waals surface area contributed by atoms with E-state index in [1.54, 1.807) is 25.2 Å². The summed E-state index contributed by atoms with van der Waals surface area (Å²) in [4.78, 5) is 13.8. The Hall–Kier alpha value is -2.25. The highest BCUT2D eigenvalue weighted by Crippen LogP contribution is 2.23. The number of benzene rings is 1. The fraction of sp³-hybridized carbons (Fsp3) is 0.444. The molecular formula is C18H23FN4O2. The van der Waals surface area contributed by atoms with Crippen molar-refractivity contribution in [1.82, 2.24) is 20.0 Å². The first kappa shape index (κ1) is 17.6. The van der Waals surface area contributed by atoms with E-state index in [1.165, 1.54) is 12.1 Å². The number of carbonyl (C=O) groups is 1. The summed E-state index contributed by atoms with van der Waals surface area (Å²) in [5.41, 5.74) is 1.12. The third-order valence-electron chi connectivity index (χ3n) is 4.61. The van der Waals surface area contributed by atoms with Crippen LogP contribution < -0.4 is 5.32 Å². The molecule has 1 aromatic carbocycles. The van der Waals surface area contributed by atoms with E-state index in [4.69, 9.17) is 0 Å². The van der Waals surface area contributed by atoms with E-state index in [9.17, 15) is 14.3 Å². The number of aromatic nitrogens is 2. The first-order chi connectivity index (χ1) is 12.1. The smallest absolute Gasteiger partial charge is 0.271 e. The van der Waals surface area contributed by atoms with E-state index in [0.29, 0.717) is 17.8 Å². The maximum Gasteiger partial charge on any atom is 0.271 e. The van der Waals surface area contributed by atoms with E-state index < -0.39 is 6.10 Å². The second kappa shape index (κ2) is 7.76. The molecule has 25 heavy (non-hydrogen) atoms. The van der Waals surface area contributed by atoms with Gasteiger partial charge in [0.25, 0.3) is 5.91 Å². The number of carbonyl (C=O) groups excluding carboxylic acids is 1. The molecule has 2 heterocycles. The van der Waals surface area contributed by atoms with Gasteiger partial charge in [-0.3, -0.25) is 14.4 Å². The molecule has 2 atom stereocenters. The number of piperidine rings is 1. The second-order valence-electron chi connectivity index (χ2n) is 6.38. The number of aliphatic hydroxyl groups excluding tert-OH is 1. The van der Waals surface area contributed by atoms with E-state index >= 15 is 0 Å². The van der Waals surface area contributed by atoms with Gasteiger partial charge in [0.05, 0.1) is 12.1 Å². The van der Waals surface area contributed by atoms with Crippen LogP contribution in [-0.4, -0.2) is 52.4 Å². The van der Waals surface area contributed by atoms with Gasteiger partial charge in [0.1, 0.15) is 11.5 Å². The van der Waals surface area contributed by atoms with Gasteiger partial charge in [-0.1, -0.05) is 12.1 Å². The van der Waals surface area contributed by atoms with Gasteiger partial charge in [0.2, 0.25) is 0 Å². The Balaban J connectivity index is 1.62. The van der Waals surface area contributed by atoms with Crippen LogP contribution in [0.2, 0.25) is 0 Å². The summed E-state index contributed by atoms with van der Waals surface area (Å²) in [6.07, 6.45) is 3.15. The van der Waals surface area contributed by atoms with Crippen LogP contribution in [0.5, 0.6) is 0 Å². The van der Waals surface area contributed by atoms with Gasteiger partial charge in [-0.05, 0) is 43.1 Å². The summed E-state index contributed by atoms with van der Waals surface area (Å²) < 4.78 is 14.8. The molecule has 0 saturated carbocycles. The highest BCUT2D eigenvalue weighted by atomic mass is 19.1. The molecule has 134 valence electrons. The number of β-amino-alcohol motifs (C(OH)–C–C–N with tert-alkyl or cyclic N) is 1. The molecule has 0 bridgehead atoms. The molecule has 1 fully saturated rings. The number of likely N-dealkylation sites (tertiary alicyclic amines) is 1. The Kier molecular flexibility index (Phi) is 5.45. The molecule has 1 saturated heterocycles. The molecule has 0 unspecified atom stereocenters. The fourth-order valence-electron chi connectivity index (χ4n) is 3.24. The van der Waals surface area contributed by atoms with Gasteiger partial charge in [-0.2, -0.15) is 5.10 Å². The summed E-state index contributed by atoms with van der Waals surface area (Å²) in [6.45, 7) is 2.15. The second-order valence-corrected chi connectivity index (χ2v) is 6.38. The lowest BCUT2D eigenvalue weighted by atomic mass is 10.0. The van der Waals surface area contributed by atoms with Crippen molar-refractivity contribution < 1.29 is 14.3 Å². The van der Waals surface area contributed by atoms with Crippen molar-refractivity contribution in [1.29, 1.82) is 0 Å². The van der Waals surface area contributed by atoms with Crippen LogP contribution in [0.15, 0.2) is 36.5 Å². The number of hydrogen-bond acceptors (Lipinski definition) is 4. The number of nitrogens with zero attached hydrogens (tertiary/aromatic N) is 3. The number of amides is 1. The van der Waals surface area contributed by atoms with Crippen LogP contribution in [0.4, 0.5) is 4.39 Å². The third kappa shape index (κ3) is 4.24. The quantitative estimate of drug-likeness (QED) is 0.865. The van der Waals surface area contributed by atoms with Crippen LogP contribution in [0.1, 0.15) is 41.0 Å². The Morgan fingerprint density at radius 2 is 2.16 bits per heavy atom. The molecule has 1 aliphatic heterocycles. The summed E-state index contributed by atoms with van der Waals surface area (Å²) in [5, 5.41) is 17.3. The van der Waals surface area contributed by atoms with Gasteiger partial charge in [-0.15, -0.1) is 0 Å². The number of aliphatic hydroxyl groups is 1. The molecule has 2 aromatic rings. The Morgan fingerprint density at radius 1 is 1.40 bits per heavy atom. The van der Waals surface area contributed by atoms with Crippen LogP contribution in [0.3, 0.4) is 0 Å². The zero-order valence-corrected chi connectivity index (χ0v) is 14.2. The SMILES string of the molecule is CNC(=O)c1ccn([C@@H]2CCCN(C[C@H](O)c3ccc(F)cc3)C2)n1. The van der Waals surface area contributed by atoms with Crippen LogP contribution in [0.25, 0.3) is 0 Å². The van der Waals surface area contributed by atoms with E-state index in [2.05, 4.69) is 15.3 Å². The zero-order valence-electron chi connectivity index (χ0n) is 14.2. The molecule has 0 aliphatic carbocycles. The minimum atomic E-state index is -0.654. The lowest BCUT2D eigenvalue weighted by Gasteiger charge is -2.34. The lowest BCUT2D eigenvalue weighted by Crippen LogP contribution is -2.39. The standard InChI is InChI=1S/C18H23FN4O2/c1-20-18(25)16-8-10-23(21-16)15-3-2-9-22(11-15)12-17(24)13-4-6-14(19)7-5-13/h4-8,10,15,17,24H,2-3,9,11-12H2,1H3,(H,20,25)/t15-,17+/m1/s1. The molecule has 0 spiro atoms. The third-order valence-corrected chi connectivity index (χ3v) is 4.61. The maximum absolute atomic E-state index is 13.0. The van der Waals surface area contributed by atoms with Gasteiger partial charge in [-0.25, -0.2) is 4.39 Å². The van der Waals surface area contributed by atoms with Crippen LogP contribution >= 0.6 is 0 Å². The lowest BCUT2D eigenvalue weighted by molar-refractivity contribution is 0.0836. The molecule has 1 aromatic heterocycles. The van der Waals surface area contributed by atoms with Gasteiger partial charge in [0.15, 0.2) is 0 Å². The van der Waals surface area contributed by atoms with Crippen molar-refractivity contribution in [2.24, 2.45) is 0 Å². The monoisotopic (exact) mass is 346 g/mol. The first-order valence-electron chi connectivity index (χ1n) is 8.50. The molecule has 0 radical (unpaired) electrons. The molecular weight excluding hydrogens is 323 g/mol. The Morgan fingerprint density at radius 3 is 2.88 bits per heavy atom. The number of rotatable bonds is 5. The van der Waals surface area contributed by atoms with Crippen molar-refractivity contribution in [3.63, 3.8) is 0 Å². The Bertz CT molecular complexity index is 716. The van der Waals surface area contributed by atoms with Crippen LogP contribution in [-0.2, 0) is 0 Å². The predicted octanol–water partition coefficient (Wildman–Crippen LogP) is 1.75. The summed E-state index contributed by atoms with van der Waals surface area (Å²) in [5.74, 6) is -0.502. The molecule has 7 heteroatoms. The fourth-order valence-corrected chi connectivity index (χ4v) is 3.24. The highest BCUT2D eigenvalue weighted by molar-refractivity contribution is 5.91. The van der Waals surface area contributed by atoms with Crippen molar-refractivity contribution in [3.05, 3.63) is 53.6 Å². The molecule has 6 nitrogen and oxygen atoms in total. The number of hydrogen-bond donors (Lipinski definition) is 2. The van der Waals surface area contributed by atoms with Crippen molar-refractivity contribution in [2.45, 2.75) is 25.0 Å². The maximum atomic E-state index is 13.0. The molecule has 2 N–H and O–H groups in total. The molecule has 3 rings (SSSR count). The minimum absolute atomic E-state index is 0.174. The summed E-state index contributed by atoms with van der Waals surface area (Å²) in [7, 11) is 1.58. The highest BCUT2D eigenvalue weighted by Gasteiger charge is 2.24. The normalized spacial score (nSPS) is 19.6. The number of halogens is 1. The average Bonchev–Trinajstić information content (AvgIpc) is 3.12. The summed E-state index contributed by atoms with van der Waals surface area (Å²) in [6, 6.07) is 7.84. The largest absolute Gasteiger partial charge is 0.387 e. The topological polar surface area (TPSA) is 70.4 Å². The van der Waals surface area contributed by atoms with E-state index in [-0.39, 0.29) is 17.8 Å². The predicted molar refractivity (Wildman–Crippen MR) is 91.7 cm³/mol. The summed E-state index contributed by atoms with van der Waals surface area (Å²) >= 11 is 0. The van der Waals surface area contributed by atoms with E-state index in [0.717, 1.165) is 25.9 Å². The minimum Gasteiger partial charge on any atom is -0.387 e. The Labute approximate surface area is 146 Å². The van der Waals surface area contributed by atoms with E-state index in [1.807, 2.05) is 10.9 Å². The van der Waals surface area contributed by atoms with Gasteiger partial charge in [0, 0.05) is 26.3 Å². The van der Waals surface area contributed by atoms with Crippen molar-refractivity contribution >= 4 is 5.91 Å². The zero-order chi connectivity index (χ0) is 17.8. The van der Waals surface area contributed by atoms with Gasteiger partial charge >= 0.3 is 0 Å². The van der Waals surface area contributed by atoms with Crippen molar-refractivity contribution in [2.75, 3.05) is 26.7 Å². The molecule has 1 aliphatic rings. The molecule has 1 amide bonds. The first-order valence-corrected chi connectivity index (χ1v) is 8.50. The van der Waals surface area contributed by atoms with Crippen molar-refractivity contribution in [3.8, 4) is 0 Å². The van der Waals surface area contributed by atoms with Crippen LogP contribution in [0, 0.1) is 5.82 Å². The van der Waals surface area contributed by atoms with Gasteiger partial charge < -0.3 is 10.4 Å². The number of nitrogens with one attached hydrogen (secondary N) is 1.